The quantitative estimate of drug-likeness (QED) is 0.312. The molecule has 0 atom stereocenters. The lowest BCUT2D eigenvalue weighted by molar-refractivity contribution is -0.140. The summed E-state index contributed by atoms with van der Waals surface area (Å²) in [5.74, 6) is -2.15. The molecule has 2 saturated carbocycles. The third-order valence-electron chi connectivity index (χ3n) is 7.92. The van der Waals surface area contributed by atoms with Gasteiger partial charge in [0.05, 0.1) is 5.92 Å². The van der Waals surface area contributed by atoms with Gasteiger partial charge in [-0.2, -0.15) is 0 Å². The molecule has 0 unspecified atom stereocenters. The average Bonchev–Trinajstić information content (AvgIpc) is 2.83. The molecule has 184 valence electrons. The number of esters is 1. The van der Waals surface area contributed by atoms with Crippen LogP contribution in [0.15, 0.2) is 30.3 Å². The van der Waals surface area contributed by atoms with Crippen molar-refractivity contribution in [2.75, 3.05) is 0 Å². The Kier molecular flexibility index (Phi) is 8.00. The molecule has 0 aliphatic heterocycles. The fourth-order valence-corrected chi connectivity index (χ4v) is 5.90. The molecule has 2 aliphatic rings. The number of halogens is 3. The molecule has 34 heavy (non-hydrogen) atoms. The van der Waals surface area contributed by atoms with Crippen LogP contribution in [0.25, 0.3) is 0 Å². The Morgan fingerprint density at radius 2 is 1.41 bits per heavy atom. The van der Waals surface area contributed by atoms with Crippen molar-refractivity contribution in [1.29, 1.82) is 0 Å². The van der Waals surface area contributed by atoms with E-state index in [1.807, 2.05) is 0 Å². The van der Waals surface area contributed by atoms with Crippen LogP contribution in [0.2, 0.25) is 0 Å². The second-order valence-electron chi connectivity index (χ2n) is 10.3. The topological polar surface area (TPSA) is 26.3 Å². The second kappa shape index (κ2) is 11.0. The van der Waals surface area contributed by atoms with Crippen LogP contribution < -0.4 is 4.74 Å². The van der Waals surface area contributed by atoms with Crippen molar-refractivity contribution in [1.82, 2.24) is 0 Å². The highest BCUT2D eigenvalue weighted by atomic mass is 19.2. The van der Waals surface area contributed by atoms with Gasteiger partial charge in [0.25, 0.3) is 0 Å². The molecule has 0 N–H and O–H groups in total. The molecule has 2 aromatic rings. The number of ether oxygens (including phenoxy) is 1. The first-order valence-electron chi connectivity index (χ1n) is 12.8. The number of aryl methyl sites for hydroxylation is 1. The van der Waals surface area contributed by atoms with Crippen LogP contribution >= 0.6 is 0 Å². The van der Waals surface area contributed by atoms with Gasteiger partial charge in [0.2, 0.25) is 0 Å². The van der Waals surface area contributed by atoms with Gasteiger partial charge in [0.15, 0.2) is 23.2 Å². The zero-order valence-electron chi connectivity index (χ0n) is 20.2. The fraction of sp³-hybridized carbons (Fsp3) is 0.552. The molecule has 0 bridgehead atoms. The Morgan fingerprint density at radius 3 is 1.94 bits per heavy atom. The summed E-state index contributed by atoms with van der Waals surface area (Å²) in [6.45, 7) is 3.96. The maximum Gasteiger partial charge on any atom is 0.314 e. The first-order chi connectivity index (χ1) is 16.4. The van der Waals surface area contributed by atoms with Gasteiger partial charge < -0.3 is 4.74 Å². The summed E-state index contributed by atoms with van der Waals surface area (Å²) in [4.78, 5) is 12.5. The SMILES string of the molecule is CCCC1CCC(c2ccc(C3CCC(C(=O)Oc4ccc(C)cc4F)CC3)c(F)c2F)CC1. The van der Waals surface area contributed by atoms with Gasteiger partial charge in [-0.05, 0) is 105 Å². The van der Waals surface area contributed by atoms with E-state index in [-0.39, 0.29) is 23.5 Å². The largest absolute Gasteiger partial charge is 0.423 e. The monoisotopic (exact) mass is 472 g/mol. The number of carbonyl (C=O) groups is 1. The highest BCUT2D eigenvalue weighted by Crippen LogP contribution is 2.42. The third-order valence-corrected chi connectivity index (χ3v) is 7.92. The van der Waals surface area contributed by atoms with E-state index in [0.717, 1.165) is 37.2 Å². The van der Waals surface area contributed by atoms with E-state index in [9.17, 15) is 9.18 Å². The van der Waals surface area contributed by atoms with E-state index < -0.39 is 23.4 Å². The van der Waals surface area contributed by atoms with E-state index in [4.69, 9.17) is 4.74 Å². The van der Waals surface area contributed by atoms with E-state index in [1.54, 1.807) is 25.1 Å². The Balaban J connectivity index is 1.36. The van der Waals surface area contributed by atoms with Gasteiger partial charge in [-0.1, -0.05) is 38.0 Å². The van der Waals surface area contributed by atoms with Gasteiger partial charge in [-0.15, -0.1) is 0 Å². The summed E-state index contributed by atoms with van der Waals surface area (Å²) in [6, 6.07) is 8.04. The van der Waals surface area contributed by atoms with Crippen LogP contribution in [0.3, 0.4) is 0 Å². The number of carbonyl (C=O) groups excluding carboxylic acids is 1. The smallest absolute Gasteiger partial charge is 0.314 e. The van der Waals surface area contributed by atoms with Crippen molar-refractivity contribution < 1.29 is 22.7 Å². The summed E-state index contributed by atoms with van der Waals surface area (Å²) in [7, 11) is 0. The van der Waals surface area contributed by atoms with Crippen LogP contribution in [0.1, 0.15) is 99.7 Å². The number of hydrogen-bond donors (Lipinski definition) is 0. The Labute approximate surface area is 200 Å². The highest BCUT2D eigenvalue weighted by Gasteiger charge is 2.32. The molecule has 5 heteroatoms. The first kappa shape index (κ1) is 24.8. The molecule has 2 aromatic carbocycles. The third kappa shape index (κ3) is 5.50. The zero-order valence-corrected chi connectivity index (χ0v) is 20.2. The summed E-state index contributed by atoms with van der Waals surface area (Å²) in [6.07, 6.45) is 8.62. The molecular formula is C29H35F3O2. The summed E-state index contributed by atoms with van der Waals surface area (Å²) >= 11 is 0. The lowest BCUT2D eigenvalue weighted by atomic mass is 9.75. The Hall–Kier alpha value is -2.30. The molecule has 0 heterocycles. The molecular weight excluding hydrogens is 437 g/mol. The Morgan fingerprint density at radius 1 is 0.853 bits per heavy atom. The van der Waals surface area contributed by atoms with Crippen LogP contribution in [0.5, 0.6) is 5.75 Å². The molecule has 2 aliphatic carbocycles. The molecule has 2 nitrogen and oxygen atoms in total. The van der Waals surface area contributed by atoms with E-state index in [0.29, 0.717) is 36.8 Å². The van der Waals surface area contributed by atoms with Crippen LogP contribution in [-0.2, 0) is 4.79 Å². The maximum absolute atomic E-state index is 15.1. The van der Waals surface area contributed by atoms with Crippen LogP contribution in [0, 0.1) is 36.2 Å². The minimum Gasteiger partial charge on any atom is -0.423 e. The van der Waals surface area contributed by atoms with Crippen molar-refractivity contribution in [2.45, 2.75) is 89.9 Å². The molecule has 0 aromatic heterocycles. The van der Waals surface area contributed by atoms with Gasteiger partial charge in [-0.3, -0.25) is 4.79 Å². The number of benzene rings is 2. The average molecular weight is 473 g/mol. The van der Waals surface area contributed by atoms with Gasteiger partial charge in [-0.25, -0.2) is 13.2 Å². The van der Waals surface area contributed by atoms with Gasteiger partial charge in [0, 0.05) is 0 Å². The van der Waals surface area contributed by atoms with Gasteiger partial charge >= 0.3 is 5.97 Å². The summed E-state index contributed by atoms with van der Waals surface area (Å²) in [5.41, 5.74) is 1.69. The molecule has 0 spiro atoms. The fourth-order valence-electron chi connectivity index (χ4n) is 5.90. The van der Waals surface area contributed by atoms with E-state index in [1.165, 1.54) is 25.0 Å². The number of hydrogen-bond acceptors (Lipinski definition) is 2. The minimum atomic E-state index is -0.721. The second-order valence-corrected chi connectivity index (χ2v) is 10.3. The predicted octanol–water partition coefficient (Wildman–Crippen LogP) is 8.37. The Bertz CT molecular complexity index is 1000. The van der Waals surface area contributed by atoms with Crippen molar-refractivity contribution in [3.8, 4) is 5.75 Å². The molecule has 2 fully saturated rings. The first-order valence-corrected chi connectivity index (χ1v) is 12.8. The van der Waals surface area contributed by atoms with E-state index >= 15 is 8.78 Å². The van der Waals surface area contributed by atoms with Crippen molar-refractivity contribution in [2.24, 2.45) is 11.8 Å². The van der Waals surface area contributed by atoms with Crippen molar-refractivity contribution in [3.63, 3.8) is 0 Å². The zero-order chi connectivity index (χ0) is 24.2. The van der Waals surface area contributed by atoms with Crippen molar-refractivity contribution in [3.05, 3.63) is 64.5 Å². The number of rotatable bonds is 6. The maximum atomic E-state index is 15.1. The summed E-state index contributed by atoms with van der Waals surface area (Å²) in [5, 5.41) is 0. The highest BCUT2D eigenvalue weighted by molar-refractivity contribution is 5.75. The van der Waals surface area contributed by atoms with Gasteiger partial charge in [0.1, 0.15) is 0 Å². The molecule has 0 saturated heterocycles. The van der Waals surface area contributed by atoms with E-state index in [2.05, 4.69) is 6.92 Å². The lowest BCUT2D eigenvalue weighted by Crippen LogP contribution is -2.26. The molecule has 0 amide bonds. The van der Waals surface area contributed by atoms with Crippen LogP contribution in [0.4, 0.5) is 13.2 Å². The molecule has 4 rings (SSSR count). The normalized spacial score (nSPS) is 25.2. The predicted molar refractivity (Wildman–Crippen MR) is 127 cm³/mol. The standard InChI is InChI=1S/C29H35F3O2/c1-3-4-19-6-8-20(9-7-19)23-14-15-24(28(32)27(23)31)21-10-12-22(13-11-21)29(33)34-26-16-5-18(2)17-25(26)30/h5,14-17,19-22H,3-4,6-13H2,1-2H3. The molecule has 0 radical (unpaired) electrons. The summed E-state index contributed by atoms with van der Waals surface area (Å²) < 4.78 is 49.5. The lowest BCUT2D eigenvalue weighted by Gasteiger charge is -2.30. The van der Waals surface area contributed by atoms with Crippen LogP contribution in [-0.4, -0.2) is 5.97 Å². The minimum absolute atomic E-state index is 0.0647. The van der Waals surface area contributed by atoms with Crippen molar-refractivity contribution >= 4 is 5.97 Å².